The molecule has 1 saturated heterocycles. The molecular formula is C19H25N3O2. The molecule has 1 saturated carbocycles. The van der Waals surface area contributed by atoms with E-state index in [0.717, 1.165) is 55.0 Å². The van der Waals surface area contributed by atoms with Gasteiger partial charge < -0.3 is 15.1 Å². The lowest BCUT2D eigenvalue weighted by Gasteiger charge is -2.23. The standard InChI is InChI=1S/C19H25N3O2/c1-18(2,3)17-22-14-10-12(4-5-15(14)24-17)21-16(23)13-11-19(13)6-8-20-9-7-19/h4-5,10,13,20H,6-9,11H2,1-3H3,(H,21,23). The molecule has 1 aromatic heterocycles. The van der Waals surface area contributed by atoms with Crippen molar-refractivity contribution in [2.24, 2.45) is 11.3 Å². The molecule has 1 atom stereocenters. The Morgan fingerprint density at radius 1 is 1.33 bits per heavy atom. The SMILES string of the molecule is CC(C)(C)c1nc2cc(NC(=O)C3CC34CCNCC4)ccc2o1. The zero-order valence-corrected chi connectivity index (χ0v) is 14.6. The third kappa shape index (κ3) is 2.71. The van der Waals surface area contributed by atoms with Crippen molar-refractivity contribution in [3.8, 4) is 0 Å². The van der Waals surface area contributed by atoms with E-state index in [1.54, 1.807) is 0 Å². The Bertz CT molecular complexity index is 781. The quantitative estimate of drug-likeness (QED) is 0.886. The molecule has 0 bridgehead atoms. The van der Waals surface area contributed by atoms with E-state index in [9.17, 15) is 4.79 Å². The molecule has 1 amide bonds. The average Bonchev–Trinajstić information content (AvgIpc) is 3.04. The number of nitrogens with one attached hydrogen (secondary N) is 2. The maximum Gasteiger partial charge on any atom is 0.228 e. The van der Waals surface area contributed by atoms with E-state index in [4.69, 9.17) is 4.42 Å². The van der Waals surface area contributed by atoms with Gasteiger partial charge in [0.1, 0.15) is 5.52 Å². The number of aromatic nitrogens is 1. The van der Waals surface area contributed by atoms with E-state index in [1.807, 2.05) is 18.2 Å². The first-order valence-electron chi connectivity index (χ1n) is 8.80. The van der Waals surface area contributed by atoms with E-state index in [0.29, 0.717) is 0 Å². The highest BCUT2D eigenvalue weighted by Crippen LogP contribution is 2.58. The summed E-state index contributed by atoms with van der Waals surface area (Å²) in [6.45, 7) is 8.29. The second kappa shape index (κ2) is 5.31. The molecule has 2 heterocycles. The molecule has 5 heteroatoms. The molecule has 1 unspecified atom stereocenters. The molecular weight excluding hydrogens is 302 g/mol. The number of piperidine rings is 1. The second-order valence-electron chi connectivity index (χ2n) is 8.31. The Kier molecular flexibility index (Phi) is 3.46. The predicted molar refractivity (Wildman–Crippen MR) is 94.0 cm³/mol. The first kappa shape index (κ1) is 15.6. The van der Waals surface area contributed by atoms with Crippen LogP contribution in [0.4, 0.5) is 5.69 Å². The molecule has 1 aromatic carbocycles. The topological polar surface area (TPSA) is 67.2 Å². The van der Waals surface area contributed by atoms with Crippen LogP contribution in [-0.2, 0) is 10.2 Å². The fourth-order valence-electron chi connectivity index (χ4n) is 3.75. The lowest BCUT2D eigenvalue weighted by Crippen LogP contribution is -2.31. The van der Waals surface area contributed by atoms with Crippen LogP contribution in [0, 0.1) is 11.3 Å². The maximum atomic E-state index is 12.6. The van der Waals surface area contributed by atoms with Crippen LogP contribution in [0.3, 0.4) is 0 Å². The fraction of sp³-hybridized carbons (Fsp3) is 0.579. The smallest absolute Gasteiger partial charge is 0.228 e. The number of hydrogen-bond donors (Lipinski definition) is 2. The highest BCUT2D eigenvalue weighted by atomic mass is 16.3. The number of nitrogens with zero attached hydrogens (tertiary/aromatic N) is 1. The van der Waals surface area contributed by atoms with Crippen LogP contribution in [0.15, 0.2) is 22.6 Å². The summed E-state index contributed by atoms with van der Waals surface area (Å²) in [5.41, 5.74) is 2.49. The summed E-state index contributed by atoms with van der Waals surface area (Å²) in [7, 11) is 0. The van der Waals surface area contributed by atoms with Crippen molar-refractivity contribution >= 4 is 22.7 Å². The lowest BCUT2D eigenvalue weighted by atomic mass is 9.92. The van der Waals surface area contributed by atoms with Gasteiger partial charge in [-0.3, -0.25) is 4.79 Å². The van der Waals surface area contributed by atoms with Gasteiger partial charge in [-0.15, -0.1) is 0 Å². The Labute approximate surface area is 142 Å². The molecule has 1 spiro atoms. The Morgan fingerprint density at radius 3 is 2.79 bits per heavy atom. The van der Waals surface area contributed by atoms with Crippen molar-refractivity contribution in [1.29, 1.82) is 0 Å². The van der Waals surface area contributed by atoms with Crippen molar-refractivity contribution in [3.63, 3.8) is 0 Å². The number of amides is 1. The van der Waals surface area contributed by atoms with Crippen LogP contribution in [0.5, 0.6) is 0 Å². The van der Waals surface area contributed by atoms with Gasteiger partial charge >= 0.3 is 0 Å². The number of carbonyl (C=O) groups is 1. The molecule has 1 aliphatic heterocycles. The van der Waals surface area contributed by atoms with Gasteiger partial charge in [0.15, 0.2) is 5.58 Å². The van der Waals surface area contributed by atoms with Crippen LogP contribution >= 0.6 is 0 Å². The van der Waals surface area contributed by atoms with E-state index in [1.165, 1.54) is 0 Å². The van der Waals surface area contributed by atoms with Gasteiger partial charge in [0.25, 0.3) is 0 Å². The van der Waals surface area contributed by atoms with Crippen molar-refractivity contribution < 1.29 is 9.21 Å². The summed E-state index contributed by atoms with van der Waals surface area (Å²) in [6.07, 6.45) is 3.26. The van der Waals surface area contributed by atoms with E-state index in [-0.39, 0.29) is 22.7 Å². The number of fused-ring (bicyclic) bond motifs is 1. The van der Waals surface area contributed by atoms with Gasteiger partial charge in [-0.1, -0.05) is 20.8 Å². The third-order valence-electron chi connectivity index (χ3n) is 5.40. The molecule has 2 aliphatic rings. The zero-order chi connectivity index (χ0) is 16.9. The Balaban J connectivity index is 1.49. The molecule has 2 fully saturated rings. The molecule has 24 heavy (non-hydrogen) atoms. The minimum Gasteiger partial charge on any atom is -0.440 e. The van der Waals surface area contributed by atoms with Crippen LogP contribution in [0.1, 0.15) is 45.9 Å². The third-order valence-corrected chi connectivity index (χ3v) is 5.40. The molecule has 1 aliphatic carbocycles. The number of hydrogen-bond acceptors (Lipinski definition) is 4. The largest absolute Gasteiger partial charge is 0.440 e. The molecule has 2 aromatic rings. The number of oxazole rings is 1. The maximum absolute atomic E-state index is 12.6. The van der Waals surface area contributed by atoms with Gasteiger partial charge in [-0.2, -0.15) is 0 Å². The van der Waals surface area contributed by atoms with Gasteiger partial charge in [0.2, 0.25) is 11.8 Å². The van der Waals surface area contributed by atoms with E-state index < -0.39 is 0 Å². The predicted octanol–water partition coefficient (Wildman–Crippen LogP) is 3.45. The highest BCUT2D eigenvalue weighted by molar-refractivity contribution is 5.96. The first-order chi connectivity index (χ1) is 11.4. The van der Waals surface area contributed by atoms with E-state index >= 15 is 0 Å². The molecule has 2 N–H and O–H groups in total. The van der Waals surface area contributed by atoms with Crippen molar-refractivity contribution in [2.75, 3.05) is 18.4 Å². The van der Waals surface area contributed by atoms with Gasteiger partial charge in [0.05, 0.1) is 0 Å². The molecule has 4 rings (SSSR count). The number of carbonyl (C=O) groups excluding carboxylic acids is 1. The van der Waals surface area contributed by atoms with Crippen molar-refractivity contribution in [1.82, 2.24) is 10.3 Å². The highest BCUT2D eigenvalue weighted by Gasteiger charge is 2.57. The minimum absolute atomic E-state index is 0.127. The summed E-state index contributed by atoms with van der Waals surface area (Å²) in [6, 6.07) is 5.69. The monoisotopic (exact) mass is 327 g/mol. The molecule has 128 valence electrons. The van der Waals surface area contributed by atoms with Gasteiger partial charge in [-0.25, -0.2) is 4.98 Å². The fourth-order valence-corrected chi connectivity index (χ4v) is 3.75. The van der Waals surface area contributed by atoms with Crippen LogP contribution in [0.25, 0.3) is 11.1 Å². The Hall–Kier alpha value is -1.88. The van der Waals surface area contributed by atoms with Crippen LogP contribution < -0.4 is 10.6 Å². The summed E-state index contributed by atoms with van der Waals surface area (Å²) < 4.78 is 5.81. The van der Waals surface area contributed by atoms with Crippen molar-refractivity contribution in [3.05, 3.63) is 24.1 Å². The Morgan fingerprint density at radius 2 is 2.08 bits per heavy atom. The average molecular weight is 327 g/mol. The summed E-state index contributed by atoms with van der Waals surface area (Å²) in [5, 5.41) is 6.45. The minimum atomic E-state index is -0.127. The molecule has 0 radical (unpaired) electrons. The summed E-state index contributed by atoms with van der Waals surface area (Å²) >= 11 is 0. The summed E-state index contributed by atoms with van der Waals surface area (Å²) in [4.78, 5) is 17.1. The normalized spacial score (nSPS) is 22.7. The number of anilines is 1. The molecule has 5 nitrogen and oxygen atoms in total. The van der Waals surface area contributed by atoms with E-state index in [2.05, 4.69) is 36.4 Å². The summed E-state index contributed by atoms with van der Waals surface area (Å²) in [5.74, 6) is 1.03. The number of rotatable bonds is 2. The zero-order valence-electron chi connectivity index (χ0n) is 14.6. The van der Waals surface area contributed by atoms with Crippen LogP contribution in [-0.4, -0.2) is 24.0 Å². The lowest BCUT2D eigenvalue weighted by molar-refractivity contribution is -0.118. The van der Waals surface area contributed by atoms with Gasteiger partial charge in [-0.05, 0) is 56.0 Å². The van der Waals surface area contributed by atoms with Crippen molar-refractivity contribution in [2.45, 2.75) is 45.4 Å². The van der Waals surface area contributed by atoms with Gasteiger partial charge in [0, 0.05) is 17.0 Å². The number of benzene rings is 1. The first-order valence-corrected chi connectivity index (χ1v) is 8.80. The second-order valence-corrected chi connectivity index (χ2v) is 8.31. The van der Waals surface area contributed by atoms with Crippen LogP contribution in [0.2, 0.25) is 0 Å².